The second-order valence-electron chi connectivity index (χ2n) is 5.94. The van der Waals surface area contributed by atoms with Gasteiger partial charge in [0.15, 0.2) is 5.82 Å². The van der Waals surface area contributed by atoms with Gasteiger partial charge in [-0.15, -0.1) is 11.8 Å². The number of carbonyl (C=O) groups excluding carboxylic acids is 2. The van der Waals surface area contributed by atoms with E-state index in [1.807, 2.05) is 32.0 Å². The molecule has 0 saturated heterocycles. The Hall–Kier alpha value is -2.28. The predicted molar refractivity (Wildman–Crippen MR) is 101 cm³/mol. The monoisotopic (exact) mass is 361 g/mol. The van der Waals surface area contributed by atoms with Crippen LogP contribution < -0.4 is 10.2 Å². The summed E-state index contributed by atoms with van der Waals surface area (Å²) < 4.78 is 4.91. The van der Waals surface area contributed by atoms with Crippen molar-refractivity contribution in [3.05, 3.63) is 41.2 Å². The van der Waals surface area contributed by atoms with E-state index in [1.54, 1.807) is 31.9 Å². The van der Waals surface area contributed by atoms with Gasteiger partial charge in [0.05, 0.1) is 11.0 Å². The maximum atomic E-state index is 12.4. The number of thioether (sulfide) groups is 1. The fourth-order valence-electron chi connectivity index (χ4n) is 2.26. The molecule has 6 nitrogen and oxygen atoms in total. The second-order valence-corrected chi connectivity index (χ2v) is 7.27. The molecule has 0 bridgehead atoms. The maximum absolute atomic E-state index is 12.4. The molecule has 0 spiro atoms. The number of nitrogens with zero attached hydrogens (tertiary/aromatic N) is 2. The van der Waals surface area contributed by atoms with Crippen LogP contribution in [0.2, 0.25) is 0 Å². The van der Waals surface area contributed by atoms with Crippen LogP contribution in [0.15, 0.2) is 28.8 Å². The lowest BCUT2D eigenvalue weighted by Crippen LogP contribution is -2.31. The standard InChI is InChI=1S/C18H23N3O3S/c1-11-7-6-8-15(13(11)3)21(5)17(22)10-25-14(4)18(23)19-16-9-12(2)24-20-16/h6-9,14H,10H2,1-5H3,(H,19,20,23). The molecule has 134 valence electrons. The summed E-state index contributed by atoms with van der Waals surface area (Å²) in [5.74, 6) is 0.974. The van der Waals surface area contributed by atoms with Crippen molar-refractivity contribution in [1.82, 2.24) is 5.16 Å². The van der Waals surface area contributed by atoms with Crippen LogP contribution in [0.25, 0.3) is 0 Å². The molecule has 1 heterocycles. The predicted octanol–water partition coefficient (Wildman–Crippen LogP) is 3.32. The molecule has 1 N–H and O–H groups in total. The Morgan fingerprint density at radius 2 is 2.04 bits per heavy atom. The van der Waals surface area contributed by atoms with Crippen LogP contribution in [0, 0.1) is 20.8 Å². The average Bonchev–Trinajstić information content (AvgIpc) is 2.99. The van der Waals surface area contributed by atoms with E-state index in [1.165, 1.54) is 11.8 Å². The van der Waals surface area contributed by atoms with Crippen molar-refractivity contribution in [1.29, 1.82) is 0 Å². The Morgan fingerprint density at radius 3 is 2.68 bits per heavy atom. The summed E-state index contributed by atoms with van der Waals surface area (Å²) in [6, 6.07) is 7.52. The molecule has 0 saturated carbocycles. The third-order valence-corrected chi connectivity index (χ3v) is 5.14. The molecule has 25 heavy (non-hydrogen) atoms. The summed E-state index contributed by atoms with van der Waals surface area (Å²) in [6.45, 7) is 7.53. The van der Waals surface area contributed by atoms with Crippen molar-refractivity contribution in [3.8, 4) is 0 Å². The fourth-order valence-corrected chi connectivity index (χ4v) is 3.05. The molecule has 2 aromatic rings. The van der Waals surface area contributed by atoms with E-state index in [9.17, 15) is 9.59 Å². The summed E-state index contributed by atoms with van der Waals surface area (Å²) >= 11 is 1.29. The van der Waals surface area contributed by atoms with E-state index in [4.69, 9.17) is 4.52 Å². The van der Waals surface area contributed by atoms with E-state index in [2.05, 4.69) is 10.5 Å². The molecule has 0 aliphatic rings. The zero-order valence-corrected chi connectivity index (χ0v) is 15.9. The highest BCUT2D eigenvalue weighted by Crippen LogP contribution is 2.23. The summed E-state index contributed by atoms with van der Waals surface area (Å²) in [6.07, 6.45) is 0. The van der Waals surface area contributed by atoms with Gasteiger partial charge >= 0.3 is 0 Å². The number of carbonyl (C=O) groups is 2. The highest BCUT2D eigenvalue weighted by molar-refractivity contribution is 8.01. The number of amides is 2. The Balaban J connectivity index is 1.90. The quantitative estimate of drug-likeness (QED) is 0.854. The largest absolute Gasteiger partial charge is 0.360 e. The van der Waals surface area contributed by atoms with E-state index in [0.29, 0.717) is 11.6 Å². The van der Waals surface area contributed by atoms with E-state index < -0.39 is 0 Å². The number of hydrogen-bond donors (Lipinski definition) is 1. The third-order valence-electron chi connectivity index (χ3n) is 4.02. The van der Waals surface area contributed by atoms with Gasteiger partial charge in [-0.1, -0.05) is 17.3 Å². The number of aromatic nitrogens is 1. The molecule has 0 aliphatic carbocycles. The van der Waals surface area contributed by atoms with Crippen LogP contribution in [0.1, 0.15) is 23.8 Å². The average molecular weight is 361 g/mol. The van der Waals surface area contributed by atoms with E-state index >= 15 is 0 Å². The minimum atomic E-state index is -0.382. The fraction of sp³-hybridized carbons (Fsp3) is 0.389. The molecule has 7 heteroatoms. The first kappa shape index (κ1) is 19.1. The van der Waals surface area contributed by atoms with Crippen molar-refractivity contribution < 1.29 is 14.1 Å². The van der Waals surface area contributed by atoms with Gasteiger partial charge in [-0.2, -0.15) is 0 Å². The number of nitrogens with one attached hydrogen (secondary N) is 1. The van der Waals surface area contributed by atoms with Crippen LogP contribution in [-0.2, 0) is 9.59 Å². The summed E-state index contributed by atoms with van der Waals surface area (Å²) in [5.41, 5.74) is 3.11. The highest BCUT2D eigenvalue weighted by Gasteiger charge is 2.19. The third kappa shape index (κ3) is 4.85. The minimum Gasteiger partial charge on any atom is -0.360 e. The molecule has 2 rings (SSSR count). The zero-order chi connectivity index (χ0) is 18.6. The maximum Gasteiger partial charge on any atom is 0.238 e. The molecule has 1 aromatic carbocycles. The topological polar surface area (TPSA) is 75.4 Å². The Morgan fingerprint density at radius 1 is 1.32 bits per heavy atom. The van der Waals surface area contributed by atoms with E-state index in [-0.39, 0.29) is 22.8 Å². The zero-order valence-electron chi connectivity index (χ0n) is 15.1. The highest BCUT2D eigenvalue weighted by atomic mass is 32.2. The lowest BCUT2D eigenvalue weighted by atomic mass is 10.1. The molecule has 1 unspecified atom stereocenters. The van der Waals surface area contributed by atoms with Crippen LogP contribution in [0.5, 0.6) is 0 Å². The normalized spacial score (nSPS) is 11.9. The van der Waals surface area contributed by atoms with Crippen LogP contribution in [-0.4, -0.2) is 35.0 Å². The second kappa shape index (κ2) is 8.20. The first-order chi connectivity index (χ1) is 11.8. The lowest BCUT2D eigenvalue weighted by molar-refractivity contribution is -0.116. The summed E-state index contributed by atoms with van der Waals surface area (Å²) in [5, 5.41) is 6.02. The SMILES string of the molecule is Cc1cc(NC(=O)C(C)SCC(=O)N(C)c2cccc(C)c2C)no1. The van der Waals surface area contributed by atoms with Gasteiger partial charge in [0.2, 0.25) is 11.8 Å². The number of aryl methyl sites for hydroxylation is 2. The first-order valence-corrected chi connectivity index (χ1v) is 9.03. The van der Waals surface area contributed by atoms with Gasteiger partial charge in [0, 0.05) is 18.8 Å². The van der Waals surface area contributed by atoms with Gasteiger partial charge in [-0.05, 0) is 44.9 Å². The minimum absolute atomic E-state index is 0.0457. The van der Waals surface area contributed by atoms with Gasteiger partial charge in [-0.3, -0.25) is 9.59 Å². The van der Waals surface area contributed by atoms with Crippen LogP contribution >= 0.6 is 11.8 Å². The Labute approximate surface area is 151 Å². The van der Waals surface area contributed by atoms with Crippen molar-refractivity contribution in [2.75, 3.05) is 23.0 Å². The first-order valence-electron chi connectivity index (χ1n) is 7.98. The molecular weight excluding hydrogens is 338 g/mol. The van der Waals surface area contributed by atoms with E-state index in [0.717, 1.165) is 16.8 Å². The molecule has 1 aromatic heterocycles. The van der Waals surface area contributed by atoms with Crippen molar-refractivity contribution in [3.63, 3.8) is 0 Å². The van der Waals surface area contributed by atoms with Gasteiger partial charge < -0.3 is 14.7 Å². The molecule has 2 amide bonds. The number of rotatable bonds is 6. The molecule has 0 radical (unpaired) electrons. The van der Waals surface area contributed by atoms with Crippen LogP contribution in [0.3, 0.4) is 0 Å². The van der Waals surface area contributed by atoms with Gasteiger partial charge in [0.1, 0.15) is 5.76 Å². The van der Waals surface area contributed by atoms with Gasteiger partial charge in [-0.25, -0.2) is 0 Å². The number of benzene rings is 1. The summed E-state index contributed by atoms with van der Waals surface area (Å²) in [4.78, 5) is 26.2. The molecular formula is C18H23N3O3S. The molecule has 1 atom stereocenters. The van der Waals surface area contributed by atoms with Crippen molar-refractivity contribution in [2.45, 2.75) is 32.9 Å². The Bertz CT molecular complexity index is 773. The number of hydrogen-bond acceptors (Lipinski definition) is 5. The molecule has 0 fully saturated rings. The van der Waals surface area contributed by atoms with Gasteiger partial charge in [0.25, 0.3) is 0 Å². The molecule has 0 aliphatic heterocycles. The smallest absolute Gasteiger partial charge is 0.238 e. The Kier molecular flexibility index (Phi) is 6.25. The van der Waals surface area contributed by atoms with Crippen molar-refractivity contribution in [2.24, 2.45) is 0 Å². The lowest BCUT2D eigenvalue weighted by Gasteiger charge is -2.21. The number of anilines is 2. The van der Waals surface area contributed by atoms with Crippen molar-refractivity contribution >= 4 is 35.1 Å². The van der Waals surface area contributed by atoms with Crippen LogP contribution in [0.4, 0.5) is 11.5 Å². The summed E-state index contributed by atoms with van der Waals surface area (Å²) in [7, 11) is 1.76.